The van der Waals surface area contributed by atoms with Gasteiger partial charge in [0, 0.05) is 10.4 Å². The molecule has 13 heteroatoms. The van der Waals surface area contributed by atoms with Crippen molar-refractivity contribution in [2.45, 2.75) is 37.8 Å². The van der Waals surface area contributed by atoms with Crippen molar-refractivity contribution in [2.75, 3.05) is 36.6 Å². The van der Waals surface area contributed by atoms with E-state index < -0.39 is 0 Å². The first kappa shape index (κ1) is 25.3. The Morgan fingerprint density at radius 2 is 2.06 bits per heavy atom. The maximum Gasteiger partial charge on any atom is 0.264 e. The smallest absolute Gasteiger partial charge is 0.264 e. The molecule has 0 saturated heterocycles. The van der Waals surface area contributed by atoms with Gasteiger partial charge < -0.3 is 20.6 Å². The predicted octanol–water partition coefficient (Wildman–Crippen LogP) is 3.39. The van der Waals surface area contributed by atoms with Crippen LogP contribution in [0.2, 0.25) is 0 Å². The Morgan fingerprint density at radius 3 is 2.81 bits per heavy atom. The number of nitriles is 1. The van der Waals surface area contributed by atoms with Gasteiger partial charge in [-0.15, -0.1) is 21.5 Å². The summed E-state index contributed by atoms with van der Waals surface area (Å²) in [5.41, 5.74) is 5.96. The minimum atomic E-state index is -0.241. The number of amides is 1. The fourth-order valence-corrected chi connectivity index (χ4v) is 5.69. The summed E-state index contributed by atoms with van der Waals surface area (Å²) in [7, 11) is 3.14. The van der Waals surface area contributed by atoms with E-state index >= 15 is 0 Å². The van der Waals surface area contributed by atoms with Crippen LogP contribution in [-0.2, 0) is 17.6 Å². The van der Waals surface area contributed by atoms with E-state index in [-0.39, 0.29) is 17.6 Å². The van der Waals surface area contributed by atoms with Gasteiger partial charge in [-0.05, 0) is 56.4 Å². The number of aromatic nitrogens is 3. The highest BCUT2D eigenvalue weighted by atomic mass is 32.2. The maximum atomic E-state index is 12.6. The van der Waals surface area contributed by atoms with Gasteiger partial charge in [0.05, 0.1) is 31.2 Å². The van der Waals surface area contributed by atoms with Crippen molar-refractivity contribution < 1.29 is 14.3 Å². The van der Waals surface area contributed by atoms with Crippen LogP contribution in [0.25, 0.3) is 0 Å². The molecule has 0 radical (unpaired) electrons. The van der Waals surface area contributed by atoms with E-state index in [0.717, 1.165) is 48.6 Å². The molecular formula is C23H26N8O3S2. The predicted molar refractivity (Wildman–Crippen MR) is 141 cm³/mol. The summed E-state index contributed by atoms with van der Waals surface area (Å²) in [6.45, 7) is 1.82. The highest BCUT2D eigenvalue weighted by molar-refractivity contribution is 7.99. The average molecular weight is 527 g/mol. The first-order valence-electron chi connectivity index (χ1n) is 11.2. The lowest BCUT2D eigenvalue weighted by Crippen LogP contribution is -2.17. The largest absolute Gasteiger partial charge is 0.493 e. The number of hydrogen-bond acceptors (Lipinski definition) is 11. The summed E-state index contributed by atoms with van der Waals surface area (Å²) in [5.74, 6) is 7.35. The maximum absolute atomic E-state index is 12.6. The van der Waals surface area contributed by atoms with Crippen molar-refractivity contribution >= 4 is 45.7 Å². The quantitative estimate of drug-likeness (QED) is 0.165. The van der Waals surface area contributed by atoms with Crippen molar-refractivity contribution in [3.63, 3.8) is 0 Å². The van der Waals surface area contributed by atoms with Crippen LogP contribution in [0.5, 0.6) is 11.5 Å². The van der Waals surface area contributed by atoms with E-state index in [9.17, 15) is 10.1 Å². The van der Waals surface area contributed by atoms with Gasteiger partial charge in [0.2, 0.25) is 11.1 Å². The number of anilines is 2. The Kier molecular flexibility index (Phi) is 7.97. The van der Waals surface area contributed by atoms with Crippen LogP contribution in [0.4, 0.5) is 10.9 Å². The number of hydrazone groups is 1. The number of benzene rings is 1. The molecule has 0 bridgehead atoms. The molecule has 4 N–H and O–H groups in total. The second kappa shape index (κ2) is 11.3. The third-order valence-corrected chi connectivity index (χ3v) is 7.81. The van der Waals surface area contributed by atoms with Crippen molar-refractivity contribution in [3.8, 4) is 17.6 Å². The molecule has 1 aliphatic rings. The molecule has 2 aromatic heterocycles. The highest BCUT2D eigenvalue weighted by Crippen LogP contribution is 2.37. The molecule has 0 spiro atoms. The number of methoxy groups -OCH3 is 2. The number of nitrogen functional groups attached to an aromatic ring is 1. The molecule has 36 heavy (non-hydrogen) atoms. The lowest BCUT2D eigenvalue weighted by molar-refractivity contribution is -0.113. The summed E-state index contributed by atoms with van der Waals surface area (Å²) in [5, 5.41) is 25.8. The zero-order valence-electron chi connectivity index (χ0n) is 20.1. The summed E-state index contributed by atoms with van der Waals surface area (Å²) in [6, 6.07) is 7.72. The zero-order valence-corrected chi connectivity index (χ0v) is 21.8. The van der Waals surface area contributed by atoms with E-state index in [0.29, 0.717) is 32.9 Å². The van der Waals surface area contributed by atoms with E-state index in [1.165, 1.54) is 20.9 Å². The number of rotatable bonds is 9. The average Bonchev–Trinajstić information content (AvgIpc) is 3.44. The zero-order chi connectivity index (χ0) is 25.7. The Morgan fingerprint density at radius 1 is 1.28 bits per heavy atom. The van der Waals surface area contributed by atoms with Crippen LogP contribution in [-0.4, -0.2) is 46.5 Å². The minimum absolute atomic E-state index is 0.0662. The summed E-state index contributed by atoms with van der Waals surface area (Å²) >= 11 is 2.63. The summed E-state index contributed by atoms with van der Waals surface area (Å²) in [4.78, 5) is 13.8. The molecule has 2 heterocycles. The molecule has 1 aromatic carbocycles. The van der Waals surface area contributed by atoms with E-state index in [4.69, 9.17) is 15.3 Å². The molecule has 0 saturated carbocycles. The number of thiophene rings is 1. The molecule has 1 aliphatic carbocycles. The van der Waals surface area contributed by atoms with Gasteiger partial charge in [0.25, 0.3) is 5.95 Å². The molecule has 1 amide bonds. The lowest BCUT2D eigenvalue weighted by Gasteiger charge is -2.09. The molecule has 0 atom stereocenters. The number of nitrogens with zero attached hydrogens (tertiary/aromatic N) is 5. The third kappa shape index (κ3) is 5.39. The number of carbonyl (C=O) groups is 1. The molecule has 0 unspecified atom stereocenters. The Bertz CT molecular complexity index is 1340. The van der Waals surface area contributed by atoms with Gasteiger partial charge in [0.1, 0.15) is 11.1 Å². The number of carbonyl (C=O) groups excluding carboxylic acids is 1. The van der Waals surface area contributed by atoms with Gasteiger partial charge in [-0.25, -0.2) is 10.1 Å². The first-order valence-corrected chi connectivity index (χ1v) is 13.0. The topological polar surface area (TPSA) is 152 Å². The van der Waals surface area contributed by atoms with Crippen LogP contribution in [0.1, 0.15) is 41.3 Å². The fraction of sp³-hybridized carbons (Fsp3) is 0.348. The second-order valence-corrected chi connectivity index (χ2v) is 9.97. The number of ether oxygens (including phenoxy) is 2. The highest BCUT2D eigenvalue weighted by Gasteiger charge is 2.22. The third-order valence-electron chi connectivity index (χ3n) is 5.66. The fourth-order valence-electron chi connectivity index (χ4n) is 3.78. The number of aryl methyl sites for hydroxylation is 1. The van der Waals surface area contributed by atoms with Crippen molar-refractivity contribution in [3.05, 3.63) is 39.8 Å². The first-order chi connectivity index (χ1) is 17.4. The standard InChI is InChI=1S/C23H26N8O3S2/c1-13(14-8-9-17(33-2)18(10-14)34-3)27-28-22-29-30-23(31(22)25)35-12-20(32)26-21-16(11-24)15-6-4-5-7-19(15)36-21/h8-10H,4-7,12,25H2,1-3H3,(H,26,32)(H,28,29)/b27-13+. The number of nitrogens with two attached hydrogens (primary N) is 1. The number of fused-ring (bicyclic) bond motifs is 1. The van der Waals surface area contributed by atoms with Gasteiger partial charge in [0.15, 0.2) is 11.5 Å². The molecule has 0 fully saturated rings. The number of hydrogen-bond donors (Lipinski definition) is 3. The molecule has 3 aromatic rings. The van der Waals surface area contributed by atoms with Crippen LogP contribution in [0, 0.1) is 11.3 Å². The van der Waals surface area contributed by atoms with Crippen molar-refractivity contribution in [1.29, 1.82) is 5.26 Å². The number of nitrogens with one attached hydrogen (secondary N) is 2. The van der Waals surface area contributed by atoms with Crippen LogP contribution in [0.3, 0.4) is 0 Å². The molecule has 188 valence electrons. The molecular weight excluding hydrogens is 500 g/mol. The van der Waals surface area contributed by atoms with E-state index in [1.54, 1.807) is 20.3 Å². The normalized spacial score (nSPS) is 13.0. The lowest BCUT2D eigenvalue weighted by atomic mass is 9.96. The van der Waals surface area contributed by atoms with Crippen LogP contribution in [0.15, 0.2) is 28.5 Å². The minimum Gasteiger partial charge on any atom is -0.493 e. The van der Waals surface area contributed by atoms with Crippen LogP contribution < -0.4 is 26.1 Å². The van der Waals surface area contributed by atoms with Gasteiger partial charge in [-0.3, -0.25) is 4.79 Å². The second-order valence-electron chi connectivity index (χ2n) is 7.92. The Labute approximate surface area is 216 Å². The summed E-state index contributed by atoms with van der Waals surface area (Å²) in [6.07, 6.45) is 4.03. The SMILES string of the molecule is COc1ccc(/C(C)=N/Nc2nnc(SCC(=O)Nc3sc4c(c3C#N)CCCC4)n2N)cc1OC. The van der Waals surface area contributed by atoms with E-state index in [2.05, 4.69) is 32.1 Å². The van der Waals surface area contributed by atoms with E-state index in [1.807, 2.05) is 19.1 Å². The number of thioether (sulfide) groups is 1. The van der Waals surface area contributed by atoms with Gasteiger partial charge in [-0.1, -0.05) is 11.8 Å². The van der Waals surface area contributed by atoms with Gasteiger partial charge >= 0.3 is 0 Å². The molecule has 0 aliphatic heterocycles. The molecule has 11 nitrogen and oxygen atoms in total. The van der Waals surface area contributed by atoms with Crippen molar-refractivity contribution in [1.82, 2.24) is 14.9 Å². The molecule has 4 rings (SSSR count). The van der Waals surface area contributed by atoms with Crippen molar-refractivity contribution in [2.24, 2.45) is 5.10 Å². The van der Waals surface area contributed by atoms with Gasteiger partial charge in [-0.2, -0.15) is 10.4 Å². The van der Waals surface area contributed by atoms with Crippen LogP contribution >= 0.6 is 23.1 Å². The Balaban J connectivity index is 1.37. The Hall–Kier alpha value is -3.76. The summed E-state index contributed by atoms with van der Waals surface area (Å²) < 4.78 is 11.8. The monoisotopic (exact) mass is 526 g/mol.